The summed E-state index contributed by atoms with van der Waals surface area (Å²) in [5.41, 5.74) is 1.72. The molecule has 2 aromatic rings. The van der Waals surface area contributed by atoms with Crippen LogP contribution in [0.1, 0.15) is 74.5 Å². The Labute approximate surface area is 177 Å². The van der Waals surface area contributed by atoms with Crippen LogP contribution in [0.2, 0.25) is 0 Å². The molecule has 2 heterocycles. The zero-order chi connectivity index (χ0) is 20.5. The van der Waals surface area contributed by atoms with E-state index in [1.807, 2.05) is 18.2 Å². The number of anilines is 2. The molecule has 5 rings (SSSR count). The highest BCUT2D eigenvalue weighted by Gasteiger charge is 2.31. The SMILES string of the molecule is O=c1oc(C(CC2CC2)CC2CCCOC2)cc(O)c1Nc1ccccc1C1CC1. The van der Waals surface area contributed by atoms with Gasteiger partial charge in [0.2, 0.25) is 0 Å². The Morgan fingerprint density at radius 2 is 1.87 bits per heavy atom. The first-order valence-corrected chi connectivity index (χ1v) is 11.5. The van der Waals surface area contributed by atoms with Gasteiger partial charge in [-0.1, -0.05) is 31.0 Å². The summed E-state index contributed by atoms with van der Waals surface area (Å²) in [5.74, 6) is 2.52. The minimum absolute atomic E-state index is 0.0208. The van der Waals surface area contributed by atoms with Crippen LogP contribution >= 0.6 is 0 Å². The van der Waals surface area contributed by atoms with Gasteiger partial charge in [-0.05, 0) is 67.9 Å². The van der Waals surface area contributed by atoms with Crippen molar-refractivity contribution in [3.8, 4) is 5.75 Å². The molecule has 3 aliphatic rings. The Bertz CT molecular complexity index is 938. The van der Waals surface area contributed by atoms with Gasteiger partial charge >= 0.3 is 5.63 Å². The van der Waals surface area contributed by atoms with Crippen molar-refractivity contribution >= 4 is 11.4 Å². The van der Waals surface area contributed by atoms with Gasteiger partial charge in [0, 0.05) is 30.9 Å². The monoisotopic (exact) mass is 409 g/mol. The van der Waals surface area contributed by atoms with Crippen LogP contribution in [0, 0.1) is 11.8 Å². The van der Waals surface area contributed by atoms with Gasteiger partial charge in [0.25, 0.3) is 0 Å². The van der Waals surface area contributed by atoms with E-state index in [-0.39, 0.29) is 17.4 Å². The summed E-state index contributed by atoms with van der Waals surface area (Å²) in [6, 6.07) is 9.67. The number of benzene rings is 1. The van der Waals surface area contributed by atoms with E-state index >= 15 is 0 Å². The minimum Gasteiger partial charge on any atom is -0.505 e. The Morgan fingerprint density at radius 3 is 2.57 bits per heavy atom. The Kier molecular flexibility index (Phi) is 5.55. The van der Waals surface area contributed by atoms with E-state index in [9.17, 15) is 9.90 Å². The van der Waals surface area contributed by atoms with Gasteiger partial charge in [-0.15, -0.1) is 0 Å². The average molecular weight is 410 g/mol. The van der Waals surface area contributed by atoms with Crippen LogP contribution in [-0.2, 0) is 4.74 Å². The molecule has 1 saturated heterocycles. The van der Waals surface area contributed by atoms with Gasteiger partial charge in [0.15, 0.2) is 5.69 Å². The molecule has 0 radical (unpaired) electrons. The maximum atomic E-state index is 12.8. The summed E-state index contributed by atoms with van der Waals surface area (Å²) < 4.78 is 11.4. The third-order valence-corrected chi connectivity index (χ3v) is 6.78. The lowest BCUT2D eigenvalue weighted by molar-refractivity contribution is 0.0473. The lowest BCUT2D eigenvalue weighted by Crippen LogP contribution is -2.20. The standard InChI is InChI=1S/C25H31NO4/c27-22-14-23(19(12-16-7-8-16)13-17-4-3-11-29-15-17)30-25(28)24(22)26-21-6-2-1-5-20(21)18-9-10-18/h1-2,5-6,14,16-19,26-27H,3-4,7-13,15H2. The summed E-state index contributed by atoms with van der Waals surface area (Å²) >= 11 is 0. The van der Waals surface area contributed by atoms with Gasteiger partial charge in [0.05, 0.1) is 0 Å². The highest BCUT2D eigenvalue weighted by atomic mass is 16.5. The van der Waals surface area contributed by atoms with Gasteiger partial charge in [-0.2, -0.15) is 0 Å². The summed E-state index contributed by atoms with van der Waals surface area (Å²) in [6.07, 6.45) is 9.09. The molecule has 1 aliphatic heterocycles. The van der Waals surface area contributed by atoms with Crippen molar-refractivity contribution in [2.24, 2.45) is 11.8 Å². The van der Waals surface area contributed by atoms with Crippen molar-refractivity contribution in [3.63, 3.8) is 0 Å². The van der Waals surface area contributed by atoms with E-state index in [0.29, 0.717) is 17.6 Å². The van der Waals surface area contributed by atoms with Crippen molar-refractivity contribution in [3.05, 3.63) is 52.1 Å². The Hall–Kier alpha value is -2.27. The van der Waals surface area contributed by atoms with Crippen LogP contribution in [0.3, 0.4) is 0 Å². The summed E-state index contributed by atoms with van der Waals surface area (Å²) in [4.78, 5) is 12.8. The molecule has 0 bridgehead atoms. The van der Waals surface area contributed by atoms with Gasteiger partial charge in [-0.25, -0.2) is 4.79 Å². The Balaban J connectivity index is 1.38. The van der Waals surface area contributed by atoms with Crippen molar-refractivity contribution in [2.45, 2.75) is 63.2 Å². The number of hydrogen-bond donors (Lipinski definition) is 2. The predicted octanol–water partition coefficient (Wildman–Crippen LogP) is 5.67. The molecule has 5 nitrogen and oxygen atoms in total. The number of nitrogens with one attached hydrogen (secondary N) is 1. The van der Waals surface area contributed by atoms with Crippen molar-refractivity contribution in [1.82, 2.24) is 0 Å². The second kappa shape index (κ2) is 8.46. The third-order valence-electron chi connectivity index (χ3n) is 6.78. The quantitative estimate of drug-likeness (QED) is 0.588. The van der Waals surface area contributed by atoms with E-state index in [1.54, 1.807) is 6.07 Å². The molecule has 0 spiro atoms. The molecular weight excluding hydrogens is 378 g/mol. The molecule has 2 saturated carbocycles. The fourth-order valence-corrected chi connectivity index (χ4v) is 4.79. The number of rotatable bonds is 8. The van der Waals surface area contributed by atoms with Crippen LogP contribution in [0.5, 0.6) is 5.75 Å². The number of ether oxygens (including phenoxy) is 1. The molecule has 3 fully saturated rings. The third kappa shape index (κ3) is 4.56. The zero-order valence-corrected chi connectivity index (χ0v) is 17.4. The maximum absolute atomic E-state index is 12.8. The highest BCUT2D eigenvalue weighted by molar-refractivity contribution is 5.68. The van der Waals surface area contributed by atoms with Crippen molar-refractivity contribution < 1.29 is 14.3 Å². The molecule has 0 amide bonds. The normalized spacial score (nSPS) is 22.6. The predicted molar refractivity (Wildman–Crippen MR) is 117 cm³/mol. The van der Waals surface area contributed by atoms with Gasteiger partial charge in [0.1, 0.15) is 11.5 Å². The fraction of sp³-hybridized carbons (Fsp3) is 0.560. The van der Waals surface area contributed by atoms with Gasteiger partial charge in [-0.3, -0.25) is 0 Å². The molecule has 30 heavy (non-hydrogen) atoms. The second-order valence-corrected chi connectivity index (χ2v) is 9.38. The molecule has 2 atom stereocenters. The fourth-order valence-electron chi connectivity index (χ4n) is 4.79. The summed E-state index contributed by atoms with van der Waals surface area (Å²) in [6.45, 7) is 1.64. The van der Waals surface area contributed by atoms with E-state index < -0.39 is 5.63 Å². The van der Waals surface area contributed by atoms with E-state index in [0.717, 1.165) is 50.5 Å². The molecule has 1 aromatic carbocycles. The van der Waals surface area contributed by atoms with Crippen LogP contribution in [-0.4, -0.2) is 18.3 Å². The number of para-hydroxylation sites is 1. The number of aromatic hydroxyl groups is 1. The second-order valence-electron chi connectivity index (χ2n) is 9.38. The van der Waals surface area contributed by atoms with Crippen LogP contribution < -0.4 is 10.9 Å². The molecule has 1 aromatic heterocycles. The lowest BCUT2D eigenvalue weighted by Gasteiger charge is -2.26. The molecule has 2 unspecified atom stereocenters. The zero-order valence-electron chi connectivity index (χ0n) is 17.4. The summed E-state index contributed by atoms with van der Waals surface area (Å²) in [5, 5.41) is 13.9. The smallest absolute Gasteiger partial charge is 0.363 e. The highest BCUT2D eigenvalue weighted by Crippen LogP contribution is 2.45. The summed E-state index contributed by atoms with van der Waals surface area (Å²) in [7, 11) is 0. The first-order valence-electron chi connectivity index (χ1n) is 11.5. The molecule has 2 aliphatic carbocycles. The molecule has 2 N–H and O–H groups in total. The number of hydrogen-bond acceptors (Lipinski definition) is 5. The van der Waals surface area contributed by atoms with Crippen LogP contribution in [0.25, 0.3) is 0 Å². The first-order chi connectivity index (χ1) is 14.7. The van der Waals surface area contributed by atoms with E-state index in [1.165, 1.54) is 31.2 Å². The minimum atomic E-state index is -0.490. The Morgan fingerprint density at radius 1 is 1.07 bits per heavy atom. The molecule has 160 valence electrons. The molecule has 5 heteroatoms. The van der Waals surface area contributed by atoms with Crippen LogP contribution in [0.15, 0.2) is 39.5 Å². The average Bonchev–Trinajstić information content (AvgIpc) is 3.66. The largest absolute Gasteiger partial charge is 0.505 e. The molecular formula is C25H31NO4. The first kappa shape index (κ1) is 19.7. The van der Waals surface area contributed by atoms with Gasteiger partial charge < -0.3 is 19.6 Å². The van der Waals surface area contributed by atoms with E-state index in [2.05, 4.69) is 11.4 Å². The van der Waals surface area contributed by atoms with Crippen molar-refractivity contribution in [1.29, 1.82) is 0 Å². The topological polar surface area (TPSA) is 71.7 Å². The van der Waals surface area contributed by atoms with Crippen molar-refractivity contribution in [2.75, 3.05) is 18.5 Å². The lowest BCUT2D eigenvalue weighted by atomic mass is 9.85. The van der Waals surface area contributed by atoms with Crippen LogP contribution in [0.4, 0.5) is 11.4 Å². The van der Waals surface area contributed by atoms with E-state index in [4.69, 9.17) is 9.15 Å². The maximum Gasteiger partial charge on any atom is 0.363 e.